The Morgan fingerprint density at radius 2 is 2.12 bits per heavy atom. The highest BCUT2D eigenvalue weighted by Gasteiger charge is 2.25. The molecular formula is C18H24N4O2. The average molecular weight is 328 g/mol. The summed E-state index contributed by atoms with van der Waals surface area (Å²) in [6.07, 6.45) is 3.69. The van der Waals surface area contributed by atoms with Crippen molar-refractivity contribution in [3.05, 3.63) is 42.7 Å². The standard InChI is InChI=1S/C18H24N4O2/c1-21(10-11-24-16-7-3-2-4-8-16)17-12-18(20-14-19-17)22-9-5-6-15(22)13-23/h2-4,7-8,12,14-15,23H,5-6,9-11,13H2,1H3. The maximum Gasteiger partial charge on any atom is 0.134 e. The molecule has 1 saturated heterocycles. The Bertz CT molecular complexity index is 638. The Labute approximate surface area is 142 Å². The first-order chi connectivity index (χ1) is 11.8. The second-order valence-corrected chi connectivity index (χ2v) is 5.99. The molecule has 0 saturated carbocycles. The molecule has 0 radical (unpaired) electrons. The van der Waals surface area contributed by atoms with Gasteiger partial charge >= 0.3 is 0 Å². The van der Waals surface area contributed by atoms with Gasteiger partial charge in [-0.1, -0.05) is 18.2 Å². The van der Waals surface area contributed by atoms with Crippen LogP contribution in [0.15, 0.2) is 42.7 Å². The Hall–Kier alpha value is -2.34. The van der Waals surface area contributed by atoms with E-state index in [2.05, 4.69) is 19.8 Å². The van der Waals surface area contributed by atoms with Gasteiger partial charge in [0.1, 0.15) is 30.3 Å². The first-order valence-electron chi connectivity index (χ1n) is 8.36. The molecule has 6 heteroatoms. The van der Waals surface area contributed by atoms with E-state index in [1.165, 1.54) is 0 Å². The fourth-order valence-electron chi connectivity index (χ4n) is 2.96. The number of ether oxygens (including phenoxy) is 1. The van der Waals surface area contributed by atoms with Crippen LogP contribution in [-0.2, 0) is 0 Å². The molecule has 1 aliphatic rings. The molecule has 1 aromatic carbocycles. The van der Waals surface area contributed by atoms with Crippen LogP contribution in [0, 0.1) is 0 Å². The summed E-state index contributed by atoms with van der Waals surface area (Å²) in [5.74, 6) is 2.62. The maximum atomic E-state index is 9.49. The van der Waals surface area contributed by atoms with E-state index < -0.39 is 0 Å². The van der Waals surface area contributed by atoms with Crippen molar-refractivity contribution in [1.82, 2.24) is 9.97 Å². The largest absolute Gasteiger partial charge is 0.492 e. The predicted octanol–water partition coefficient (Wildman–Crippen LogP) is 1.95. The van der Waals surface area contributed by atoms with Gasteiger partial charge in [-0.25, -0.2) is 9.97 Å². The third-order valence-corrected chi connectivity index (χ3v) is 4.35. The molecular weight excluding hydrogens is 304 g/mol. The molecule has 2 heterocycles. The predicted molar refractivity (Wildman–Crippen MR) is 94.7 cm³/mol. The summed E-state index contributed by atoms with van der Waals surface area (Å²) in [6.45, 7) is 2.42. The number of aliphatic hydroxyl groups is 1. The van der Waals surface area contributed by atoms with E-state index >= 15 is 0 Å². The highest BCUT2D eigenvalue weighted by Crippen LogP contribution is 2.25. The molecule has 0 amide bonds. The Balaban J connectivity index is 1.59. The number of anilines is 2. The first-order valence-corrected chi connectivity index (χ1v) is 8.36. The zero-order valence-electron chi connectivity index (χ0n) is 14.0. The van der Waals surface area contributed by atoms with Crippen molar-refractivity contribution in [2.24, 2.45) is 0 Å². The number of hydrogen-bond donors (Lipinski definition) is 1. The number of aromatic nitrogens is 2. The van der Waals surface area contributed by atoms with Crippen molar-refractivity contribution < 1.29 is 9.84 Å². The van der Waals surface area contributed by atoms with E-state index in [1.807, 2.05) is 43.4 Å². The molecule has 128 valence electrons. The van der Waals surface area contributed by atoms with Crippen LogP contribution in [0.1, 0.15) is 12.8 Å². The Morgan fingerprint density at radius 3 is 2.92 bits per heavy atom. The van der Waals surface area contributed by atoms with Crippen molar-refractivity contribution in [1.29, 1.82) is 0 Å². The van der Waals surface area contributed by atoms with Crippen LogP contribution in [0.5, 0.6) is 5.75 Å². The highest BCUT2D eigenvalue weighted by atomic mass is 16.5. The molecule has 0 bridgehead atoms. The Morgan fingerprint density at radius 1 is 1.29 bits per heavy atom. The molecule has 0 spiro atoms. The van der Waals surface area contributed by atoms with Crippen molar-refractivity contribution >= 4 is 11.6 Å². The fraction of sp³-hybridized carbons (Fsp3) is 0.444. The minimum Gasteiger partial charge on any atom is -0.492 e. The monoisotopic (exact) mass is 328 g/mol. The van der Waals surface area contributed by atoms with E-state index in [9.17, 15) is 5.11 Å². The van der Waals surface area contributed by atoms with Gasteiger partial charge < -0.3 is 19.6 Å². The number of benzene rings is 1. The molecule has 0 aliphatic carbocycles. The number of nitrogens with zero attached hydrogens (tertiary/aromatic N) is 4. The van der Waals surface area contributed by atoms with Crippen molar-refractivity contribution in [3.8, 4) is 5.75 Å². The summed E-state index contributed by atoms with van der Waals surface area (Å²) in [7, 11) is 1.99. The van der Waals surface area contributed by atoms with Crippen LogP contribution in [0.4, 0.5) is 11.6 Å². The smallest absolute Gasteiger partial charge is 0.134 e. The summed E-state index contributed by atoms with van der Waals surface area (Å²) in [4.78, 5) is 13.0. The minimum atomic E-state index is 0.166. The van der Waals surface area contributed by atoms with Gasteiger partial charge in [0.05, 0.1) is 19.2 Å². The van der Waals surface area contributed by atoms with Gasteiger partial charge in [0.2, 0.25) is 0 Å². The van der Waals surface area contributed by atoms with Crippen LogP contribution >= 0.6 is 0 Å². The lowest BCUT2D eigenvalue weighted by atomic mass is 10.2. The van der Waals surface area contributed by atoms with Crippen LogP contribution < -0.4 is 14.5 Å². The van der Waals surface area contributed by atoms with E-state index in [0.717, 1.165) is 43.3 Å². The summed E-state index contributed by atoms with van der Waals surface area (Å²) < 4.78 is 5.73. The highest BCUT2D eigenvalue weighted by molar-refractivity contribution is 5.51. The molecule has 6 nitrogen and oxygen atoms in total. The van der Waals surface area contributed by atoms with Gasteiger partial charge in [-0.3, -0.25) is 0 Å². The van der Waals surface area contributed by atoms with Crippen LogP contribution in [0.2, 0.25) is 0 Å². The van der Waals surface area contributed by atoms with Gasteiger partial charge in [0.15, 0.2) is 0 Å². The Kier molecular flexibility index (Phi) is 5.48. The zero-order valence-corrected chi connectivity index (χ0v) is 14.0. The number of hydrogen-bond acceptors (Lipinski definition) is 6. The third kappa shape index (κ3) is 3.94. The zero-order chi connectivity index (χ0) is 16.8. The SMILES string of the molecule is CN(CCOc1ccccc1)c1cc(N2CCCC2CO)ncn1. The first kappa shape index (κ1) is 16.5. The van der Waals surface area contributed by atoms with Crippen LogP contribution in [-0.4, -0.2) is 54.5 Å². The van der Waals surface area contributed by atoms with E-state index in [4.69, 9.17) is 4.74 Å². The minimum absolute atomic E-state index is 0.166. The lowest BCUT2D eigenvalue weighted by Crippen LogP contribution is -2.33. The molecule has 1 aromatic heterocycles. The molecule has 1 N–H and O–H groups in total. The number of rotatable bonds is 7. The van der Waals surface area contributed by atoms with Gasteiger partial charge in [-0.2, -0.15) is 0 Å². The van der Waals surface area contributed by atoms with Gasteiger partial charge in [0.25, 0.3) is 0 Å². The lowest BCUT2D eigenvalue weighted by molar-refractivity contribution is 0.266. The molecule has 1 fully saturated rings. The van der Waals surface area contributed by atoms with Crippen molar-refractivity contribution in [3.63, 3.8) is 0 Å². The van der Waals surface area contributed by atoms with E-state index in [0.29, 0.717) is 6.61 Å². The number of likely N-dealkylation sites (N-methyl/N-ethyl adjacent to an activating group) is 1. The summed E-state index contributed by atoms with van der Waals surface area (Å²) >= 11 is 0. The molecule has 1 unspecified atom stereocenters. The normalized spacial score (nSPS) is 17.1. The molecule has 1 aliphatic heterocycles. The topological polar surface area (TPSA) is 61.7 Å². The second kappa shape index (κ2) is 7.97. The molecule has 1 atom stereocenters. The summed E-state index contributed by atoms with van der Waals surface area (Å²) in [5, 5.41) is 9.49. The fourth-order valence-corrected chi connectivity index (χ4v) is 2.96. The van der Waals surface area contributed by atoms with Gasteiger partial charge in [-0.15, -0.1) is 0 Å². The summed E-state index contributed by atoms with van der Waals surface area (Å²) in [5.41, 5.74) is 0. The van der Waals surface area contributed by atoms with Gasteiger partial charge in [0, 0.05) is 19.7 Å². The van der Waals surface area contributed by atoms with Crippen LogP contribution in [0.25, 0.3) is 0 Å². The van der Waals surface area contributed by atoms with Crippen molar-refractivity contribution in [2.75, 3.05) is 43.2 Å². The number of para-hydroxylation sites is 1. The van der Waals surface area contributed by atoms with E-state index in [1.54, 1.807) is 6.33 Å². The van der Waals surface area contributed by atoms with E-state index in [-0.39, 0.29) is 12.6 Å². The number of aliphatic hydroxyl groups excluding tert-OH is 1. The average Bonchev–Trinajstić information content (AvgIpc) is 3.11. The second-order valence-electron chi connectivity index (χ2n) is 5.99. The third-order valence-electron chi connectivity index (χ3n) is 4.35. The maximum absolute atomic E-state index is 9.49. The van der Waals surface area contributed by atoms with Gasteiger partial charge in [-0.05, 0) is 25.0 Å². The quantitative estimate of drug-likeness (QED) is 0.838. The molecule has 3 rings (SSSR count). The molecule has 24 heavy (non-hydrogen) atoms. The summed E-state index contributed by atoms with van der Waals surface area (Å²) in [6, 6.07) is 11.9. The van der Waals surface area contributed by atoms with Crippen LogP contribution in [0.3, 0.4) is 0 Å². The molecule has 2 aromatic rings. The van der Waals surface area contributed by atoms with Crippen molar-refractivity contribution in [2.45, 2.75) is 18.9 Å². The lowest BCUT2D eigenvalue weighted by Gasteiger charge is -2.25.